The summed E-state index contributed by atoms with van der Waals surface area (Å²) < 4.78 is 7.99. The highest BCUT2D eigenvalue weighted by molar-refractivity contribution is 5.82. The number of anilines is 1. The van der Waals surface area contributed by atoms with Gasteiger partial charge in [0.05, 0.1) is 42.1 Å². The van der Waals surface area contributed by atoms with Crippen molar-refractivity contribution in [3.63, 3.8) is 0 Å². The van der Waals surface area contributed by atoms with Crippen LogP contribution in [-0.2, 0) is 17.6 Å². The summed E-state index contributed by atoms with van der Waals surface area (Å²) in [5.41, 5.74) is 5.62. The van der Waals surface area contributed by atoms with Crippen LogP contribution in [0.5, 0.6) is 5.75 Å². The van der Waals surface area contributed by atoms with Crippen molar-refractivity contribution >= 4 is 22.6 Å². The molecule has 4 aromatic rings. The number of hydrogen-bond acceptors (Lipinski definition) is 5. The minimum Gasteiger partial charge on any atom is -0.493 e. The van der Waals surface area contributed by atoms with Gasteiger partial charge in [-0.3, -0.25) is 9.78 Å². The molecule has 0 saturated carbocycles. The van der Waals surface area contributed by atoms with Crippen LogP contribution in [0.25, 0.3) is 10.9 Å². The molecule has 35 heavy (non-hydrogen) atoms. The molecule has 0 amide bonds. The first kappa shape index (κ1) is 22.5. The van der Waals surface area contributed by atoms with E-state index in [0.29, 0.717) is 12.2 Å². The van der Waals surface area contributed by atoms with Crippen molar-refractivity contribution in [3.8, 4) is 11.8 Å². The largest absolute Gasteiger partial charge is 0.493 e. The Morgan fingerprint density at radius 1 is 1.17 bits per heavy atom. The fraction of sp³-hybridized carbons (Fsp3) is 0.250. The van der Waals surface area contributed by atoms with Crippen molar-refractivity contribution < 1.29 is 14.6 Å². The second-order valence-electron chi connectivity index (χ2n) is 8.72. The van der Waals surface area contributed by atoms with Gasteiger partial charge in [-0.15, -0.1) is 0 Å². The van der Waals surface area contributed by atoms with Crippen LogP contribution in [0.15, 0.2) is 66.9 Å². The Balaban J connectivity index is 1.31. The molecule has 0 spiro atoms. The first-order valence-electron chi connectivity index (χ1n) is 11.8. The number of aliphatic carboxylic acids is 1. The summed E-state index contributed by atoms with van der Waals surface area (Å²) in [6, 6.07) is 20.8. The number of aromatic nitrogens is 2. The van der Waals surface area contributed by atoms with Crippen LogP contribution in [0.4, 0.5) is 5.69 Å². The number of carbonyl (C=O) groups is 1. The Morgan fingerprint density at radius 2 is 2.03 bits per heavy atom. The highest BCUT2D eigenvalue weighted by Crippen LogP contribution is 2.30. The molecule has 2 N–H and O–H groups in total. The molecule has 2 aromatic carbocycles. The summed E-state index contributed by atoms with van der Waals surface area (Å²) in [6.45, 7) is 1.53. The molecule has 1 atom stereocenters. The predicted octanol–water partition coefficient (Wildman–Crippen LogP) is 4.95. The SMILES string of the molecule is N#Cc1ccc(C(CC(=O)O)n2ccc3cc(OCCc4ccc5c(n4)CCCN5)ccc32)cc1. The fourth-order valence-electron chi connectivity index (χ4n) is 4.62. The lowest BCUT2D eigenvalue weighted by Crippen LogP contribution is -2.14. The van der Waals surface area contributed by atoms with Crippen LogP contribution in [0.3, 0.4) is 0 Å². The number of nitrogens with zero attached hydrogens (tertiary/aromatic N) is 3. The molecule has 1 unspecified atom stereocenters. The van der Waals surface area contributed by atoms with Crippen LogP contribution in [0, 0.1) is 11.3 Å². The number of carboxylic acids is 1. The molecule has 0 radical (unpaired) electrons. The van der Waals surface area contributed by atoms with E-state index >= 15 is 0 Å². The van der Waals surface area contributed by atoms with Crippen LogP contribution in [-0.4, -0.2) is 33.8 Å². The van der Waals surface area contributed by atoms with Crippen molar-refractivity contribution in [1.29, 1.82) is 5.26 Å². The van der Waals surface area contributed by atoms with E-state index in [4.69, 9.17) is 15.0 Å². The third kappa shape index (κ3) is 4.97. The second kappa shape index (κ2) is 9.90. The minimum absolute atomic E-state index is 0.0583. The average molecular weight is 467 g/mol. The molecule has 0 saturated heterocycles. The van der Waals surface area contributed by atoms with Gasteiger partial charge in [0.15, 0.2) is 0 Å². The van der Waals surface area contributed by atoms with Crippen molar-refractivity contribution in [3.05, 3.63) is 89.4 Å². The number of pyridine rings is 1. The van der Waals surface area contributed by atoms with E-state index in [1.165, 1.54) is 0 Å². The zero-order valence-electron chi connectivity index (χ0n) is 19.3. The lowest BCUT2D eigenvalue weighted by molar-refractivity contribution is -0.137. The maximum atomic E-state index is 11.6. The maximum absolute atomic E-state index is 11.6. The number of rotatable bonds is 8. The Morgan fingerprint density at radius 3 is 2.83 bits per heavy atom. The average Bonchev–Trinajstić information content (AvgIpc) is 3.30. The van der Waals surface area contributed by atoms with Gasteiger partial charge < -0.3 is 19.7 Å². The maximum Gasteiger partial charge on any atom is 0.305 e. The van der Waals surface area contributed by atoms with E-state index in [1.54, 1.807) is 12.1 Å². The number of nitriles is 1. The zero-order chi connectivity index (χ0) is 24.2. The number of fused-ring (bicyclic) bond motifs is 2. The van der Waals surface area contributed by atoms with Gasteiger partial charge in [-0.25, -0.2) is 0 Å². The normalized spacial score (nSPS) is 13.5. The summed E-state index contributed by atoms with van der Waals surface area (Å²) in [5, 5.41) is 23.0. The number of nitrogens with one attached hydrogen (secondary N) is 1. The standard InChI is InChI=1S/C28H26N4O3/c29-18-19-3-5-20(6-4-19)27(17-28(33)34)32-14-11-21-16-23(8-10-26(21)32)35-15-12-22-7-9-24-25(31-22)2-1-13-30-24/h3-11,14,16,27,30H,1-2,12-13,15,17H2,(H,33,34). The molecule has 0 aliphatic carbocycles. The van der Waals surface area contributed by atoms with Crippen molar-refractivity contribution in [2.75, 3.05) is 18.5 Å². The number of carboxylic acid groups (broad SMARTS) is 1. The van der Waals surface area contributed by atoms with Gasteiger partial charge in [0.25, 0.3) is 0 Å². The molecular weight excluding hydrogens is 440 g/mol. The minimum atomic E-state index is -0.882. The summed E-state index contributed by atoms with van der Waals surface area (Å²) in [7, 11) is 0. The van der Waals surface area contributed by atoms with Crippen molar-refractivity contribution in [2.45, 2.75) is 31.7 Å². The lowest BCUT2D eigenvalue weighted by atomic mass is 10.0. The van der Waals surface area contributed by atoms with E-state index in [-0.39, 0.29) is 12.5 Å². The first-order valence-corrected chi connectivity index (χ1v) is 11.8. The Labute approximate surface area is 203 Å². The van der Waals surface area contributed by atoms with Gasteiger partial charge in [-0.2, -0.15) is 5.26 Å². The van der Waals surface area contributed by atoms with Gasteiger partial charge in [0, 0.05) is 35.8 Å². The summed E-state index contributed by atoms with van der Waals surface area (Å²) in [6.07, 6.45) is 4.70. The second-order valence-corrected chi connectivity index (χ2v) is 8.72. The van der Waals surface area contributed by atoms with Crippen LogP contribution >= 0.6 is 0 Å². The van der Waals surface area contributed by atoms with E-state index in [0.717, 1.165) is 65.1 Å². The Hall–Kier alpha value is -4.31. The van der Waals surface area contributed by atoms with Crippen molar-refractivity contribution in [1.82, 2.24) is 9.55 Å². The quantitative estimate of drug-likeness (QED) is 0.381. The molecule has 176 valence electrons. The zero-order valence-corrected chi connectivity index (χ0v) is 19.3. The Kier molecular flexibility index (Phi) is 6.36. The third-order valence-corrected chi connectivity index (χ3v) is 6.38. The van der Waals surface area contributed by atoms with E-state index in [1.807, 2.05) is 47.2 Å². The molecule has 7 heteroatoms. The molecule has 1 aliphatic heterocycles. The van der Waals surface area contributed by atoms with E-state index in [9.17, 15) is 9.90 Å². The van der Waals surface area contributed by atoms with E-state index in [2.05, 4.69) is 23.5 Å². The van der Waals surface area contributed by atoms with Gasteiger partial charge in [-0.1, -0.05) is 12.1 Å². The monoisotopic (exact) mass is 466 g/mol. The number of hydrogen-bond donors (Lipinski definition) is 2. The van der Waals surface area contributed by atoms with Crippen LogP contribution < -0.4 is 10.1 Å². The van der Waals surface area contributed by atoms with Gasteiger partial charge >= 0.3 is 5.97 Å². The fourth-order valence-corrected chi connectivity index (χ4v) is 4.62. The molecule has 1 aliphatic rings. The highest BCUT2D eigenvalue weighted by atomic mass is 16.5. The van der Waals surface area contributed by atoms with Crippen LogP contribution in [0.1, 0.15) is 41.4 Å². The smallest absolute Gasteiger partial charge is 0.305 e. The summed E-state index contributed by atoms with van der Waals surface area (Å²) in [4.78, 5) is 16.4. The molecule has 0 fully saturated rings. The van der Waals surface area contributed by atoms with Crippen molar-refractivity contribution in [2.24, 2.45) is 0 Å². The Bertz CT molecular complexity index is 1400. The van der Waals surface area contributed by atoms with Gasteiger partial charge in [0.1, 0.15) is 5.75 Å². The first-order chi connectivity index (χ1) is 17.1. The molecule has 2 aromatic heterocycles. The number of benzene rings is 2. The van der Waals surface area contributed by atoms with Gasteiger partial charge in [0.2, 0.25) is 0 Å². The summed E-state index contributed by atoms with van der Waals surface area (Å²) >= 11 is 0. The summed E-state index contributed by atoms with van der Waals surface area (Å²) in [5.74, 6) is -0.115. The van der Waals surface area contributed by atoms with Gasteiger partial charge in [-0.05, 0) is 66.9 Å². The molecule has 3 heterocycles. The topological polar surface area (TPSA) is 100 Å². The lowest BCUT2D eigenvalue weighted by Gasteiger charge is -2.19. The molecular formula is C28H26N4O3. The number of ether oxygens (including phenoxy) is 1. The molecule has 0 bridgehead atoms. The number of aryl methyl sites for hydroxylation is 1. The highest BCUT2D eigenvalue weighted by Gasteiger charge is 2.19. The third-order valence-electron chi connectivity index (χ3n) is 6.38. The molecule has 7 nitrogen and oxygen atoms in total. The van der Waals surface area contributed by atoms with Crippen LogP contribution in [0.2, 0.25) is 0 Å². The predicted molar refractivity (Wildman–Crippen MR) is 134 cm³/mol. The molecule has 5 rings (SSSR count). The van der Waals surface area contributed by atoms with E-state index < -0.39 is 5.97 Å².